The Morgan fingerprint density at radius 1 is 1.13 bits per heavy atom. The van der Waals surface area contributed by atoms with Crippen LogP contribution in [-0.4, -0.2) is 26.0 Å². The maximum atomic E-state index is 10.6. The van der Waals surface area contributed by atoms with Crippen LogP contribution in [0.3, 0.4) is 0 Å². The van der Waals surface area contributed by atoms with Gasteiger partial charge in [0.25, 0.3) is 0 Å². The predicted molar refractivity (Wildman–Crippen MR) is 52.2 cm³/mol. The highest BCUT2D eigenvalue weighted by Gasteiger charge is 2.05. The molecule has 15 heavy (non-hydrogen) atoms. The predicted octanol–water partition coefficient (Wildman–Crippen LogP) is 1.24. The molecule has 0 unspecified atom stereocenters. The van der Waals surface area contributed by atoms with E-state index in [0.29, 0.717) is 11.5 Å². The van der Waals surface area contributed by atoms with Gasteiger partial charge in [-0.25, -0.2) is 14.8 Å². The van der Waals surface area contributed by atoms with E-state index < -0.39 is 5.97 Å². The lowest BCUT2D eigenvalue weighted by molar-refractivity contribution is 0.0696. The molecule has 0 saturated carbocycles. The van der Waals surface area contributed by atoms with Crippen LogP contribution < -0.4 is 0 Å². The lowest BCUT2D eigenvalue weighted by Gasteiger charge is -1.98. The van der Waals surface area contributed by atoms with E-state index in [1.807, 2.05) is 0 Å². The minimum Gasteiger partial charge on any atom is -0.478 e. The van der Waals surface area contributed by atoms with Crippen molar-refractivity contribution in [2.24, 2.45) is 0 Å². The summed E-state index contributed by atoms with van der Waals surface area (Å²) in [5, 5.41) is 8.68. The molecule has 0 aliphatic carbocycles. The molecule has 0 amide bonds. The molecular formula is C10H7N3O2. The second kappa shape index (κ2) is 3.83. The smallest absolute Gasteiger partial charge is 0.337 e. The van der Waals surface area contributed by atoms with Crippen LogP contribution in [0.2, 0.25) is 0 Å². The summed E-state index contributed by atoms with van der Waals surface area (Å²) in [5.41, 5.74) is 0.704. The summed E-state index contributed by atoms with van der Waals surface area (Å²) in [4.78, 5) is 22.5. The van der Waals surface area contributed by atoms with Crippen molar-refractivity contribution in [1.82, 2.24) is 15.0 Å². The summed E-state index contributed by atoms with van der Waals surface area (Å²) >= 11 is 0. The molecule has 2 heterocycles. The van der Waals surface area contributed by atoms with Crippen molar-refractivity contribution < 1.29 is 9.90 Å². The molecule has 74 valence electrons. The third kappa shape index (κ3) is 1.96. The second-order valence-electron chi connectivity index (χ2n) is 2.81. The van der Waals surface area contributed by atoms with Crippen molar-refractivity contribution in [3.05, 3.63) is 42.4 Å². The summed E-state index contributed by atoms with van der Waals surface area (Å²) in [6, 6.07) is 4.76. The number of carboxylic acids is 1. The molecule has 0 saturated heterocycles. The third-order valence-electron chi connectivity index (χ3n) is 1.81. The Labute approximate surface area is 85.5 Å². The van der Waals surface area contributed by atoms with E-state index >= 15 is 0 Å². The molecule has 0 spiro atoms. The first kappa shape index (κ1) is 9.26. The fourth-order valence-electron chi connectivity index (χ4n) is 1.08. The number of carboxylic acid groups (broad SMARTS) is 1. The third-order valence-corrected chi connectivity index (χ3v) is 1.81. The Bertz CT molecular complexity index is 468. The number of hydrogen-bond donors (Lipinski definition) is 1. The number of aromatic carboxylic acids is 1. The Kier molecular flexibility index (Phi) is 2.37. The minimum absolute atomic E-state index is 0.148. The van der Waals surface area contributed by atoms with Crippen molar-refractivity contribution in [3.63, 3.8) is 0 Å². The van der Waals surface area contributed by atoms with Gasteiger partial charge in [0.05, 0.1) is 5.56 Å². The number of rotatable bonds is 2. The van der Waals surface area contributed by atoms with Crippen LogP contribution in [-0.2, 0) is 0 Å². The quantitative estimate of drug-likeness (QED) is 0.790. The van der Waals surface area contributed by atoms with Gasteiger partial charge in [0.1, 0.15) is 5.69 Å². The molecule has 2 aromatic rings. The first-order valence-corrected chi connectivity index (χ1v) is 4.24. The highest BCUT2D eigenvalue weighted by atomic mass is 16.4. The monoisotopic (exact) mass is 201 g/mol. The Morgan fingerprint density at radius 3 is 2.40 bits per heavy atom. The zero-order valence-corrected chi connectivity index (χ0v) is 7.66. The van der Waals surface area contributed by atoms with Gasteiger partial charge in [-0.3, -0.25) is 4.98 Å². The average Bonchev–Trinajstić information content (AvgIpc) is 2.30. The van der Waals surface area contributed by atoms with Crippen molar-refractivity contribution >= 4 is 5.97 Å². The van der Waals surface area contributed by atoms with Gasteiger partial charge in [0.15, 0.2) is 5.82 Å². The van der Waals surface area contributed by atoms with Crippen molar-refractivity contribution in [2.45, 2.75) is 0 Å². The SMILES string of the molecule is O=C(O)c1ccc(-c2ncccn2)nc1. The fourth-order valence-corrected chi connectivity index (χ4v) is 1.08. The maximum absolute atomic E-state index is 10.6. The normalized spacial score (nSPS) is 9.87. The second-order valence-corrected chi connectivity index (χ2v) is 2.81. The number of carbonyl (C=O) groups is 1. The van der Waals surface area contributed by atoms with Crippen LogP contribution in [0.4, 0.5) is 0 Å². The van der Waals surface area contributed by atoms with E-state index in [9.17, 15) is 4.79 Å². The first-order chi connectivity index (χ1) is 7.27. The largest absolute Gasteiger partial charge is 0.478 e. The summed E-state index contributed by atoms with van der Waals surface area (Å²) in [7, 11) is 0. The Morgan fingerprint density at radius 2 is 1.87 bits per heavy atom. The van der Waals surface area contributed by atoms with Crippen LogP contribution in [0.5, 0.6) is 0 Å². The van der Waals surface area contributed by atoms with Crippen LogP contribution in [0.15, 0.2) is 36.8 Å². The van der Waals surface area contributed by atoms with E-state index in [-0.39, 0.29) is 5.56 Å². The minimum atomic E-state index is -0.997. The number of pyridine rings is 1. The molecular weight excluding hydrogens is 194 g/mol. The number of hydrogen-bond acceptors (Lipinski definition) is 4. The molecule has 5 heteroatoms. The molecule has 1 N–H and O–H groups in total. The van der Waals surface area contributed by atoms with E-state index in [1.165, 1.54) is 12.3 Å². The van der Waals surface area contributed by atoms with Gasteiger partial charge in [-0.15, -0.1) is 0 Å². The van der Waals surface area contributed by atoms with E-state index in [0.717, 1.165) is 0 Å². The Balaban J connectivity index is 2.36. The molecule has 2 aromatic heterocycles. The van der Waals surface area contributed by atoms with Gasteiger partial charge in [0.2, 0.25) is 0 Å². The molecule has 0 aliphatic heterocycles. The highest BCUT2D eigenvalue weighted by Crippen LogP contribution is 2.10. The number of aromatic nitrogens is 3. The molecule has 0 bridgehead atoms. The standard InChI is InChI=1S/C10H7N3O2/c14-10(15)7-2-3-8(13-6-7)9-11-4-1-5-12-9/h1-6H,(H,14,15). The summed E-state index contributed by atoms with van der Waals surface area (Å²) in [6.07, 6.45) is 4.50. The van der Waals surface area contributed by atoms with Gasteiger partial charge in [-0.2, -0.15) is 0 Å². The highest BCUT2D eigenvalue weighted by molar-refractivity contribution is 5.87. The zero-order chi connectivity index (χ0) is 10.7. The van der Waals surface area contributed by atoms with E-state index in [4.69, 9.17) is 5.11 Å². The molecule has 0 atom stereocenters. The van der Waals surface area contributed by atoms with Gasteiger partial charge in [0, 0.05) is 18.6 Å². The van der Waals surface area contributed by atoms with Crippen LogP contribution in [0.1, 0.15) is 10.4 Å². The van der Waals surface area contributed by atoms with Crippen molar-refractivity contribution in [1.29, 1.82) is 0 Å². The molecule has 2 rings (SSSR count). The molecule has 5 nitrogen and oxygen atoms in total. The average molecular weight is 201 g/mol. The Hall–Kier alpha value is -2.30. The van der Waals surface area contributed by atoms with Gasteiger partial charge < -0.3 is 5.11 Å². The van der Waals surface area contributed by atoms with Gasteiger partial charge in [-0.05, 0) is 18.2 Å². The zero-order valence-electron chi connectivity index (χ0n) is 7.66. The summed E-state index contributed by atoms with van der Waals surface area (Å²) < 4.78 is 0. The van der Waals surface area contributed by atoms with Crippen LogP contribution >= 0.6 is 0 Å². The molecule has 0 radical (unpaired) electrons. The van der Waals surface area contributed by atoms with Crippen LogP contribution in [0, 0.1) is 0 Å². The molecule has 0 aromatic carbocycles. The molecule has 0 fully saturated rings. The topological polar surface area (TPSA) is 76.0 Å². The van der Waals surface area contributed by atoms with Gasteiger partial charge >= 0.3 is 5.97 Å². The summed E-state index contributed by atoms with van der Waals surface area (Å²) in [6.45, 7) is 0. The summed E-state index contributed by atoms with van der Waals surface area (Å²) in [5.74, 6) is -0.516. The van der Waals surface area contributed by atoms with E-state index in [1.54, 1.807) is 24.5 Å². The lowest BCUT2D eigenvalue weighted by Crippen LogP contribution is -1.98. The first-order valence-electron chi connectivity index (χ1n) is 4.24. The van der Waals surface area contributed by atoms with E-state index in [2.05, 4.69) is 15.0 Å². The van der Waals surface area contributed by atoms with Crippen molar-refractivity contribution in [2.75, 3.05) is 0 Å². The van der Waals surface area contributed by atoms with Gasteiger partial charge in [-0.1, -0.05) is 0 Å². The van der Waals surface area contributed by atoms with Crippen molar-refractivity contribution in [3.8, 4) is 11.5 Å². The maximum Gasteiger partial charge on any atom is 0.337 e. The van der Waals surface area contributed by atoms with Crippen LogP contribution in [0.25, 0.3) is 11.5 Å². The lowest BCUT2D eigenvalue weighted by atomic mass is 10.2. The molecule has 0 aliphatic rings. The fraction of sp³-hybridized carbons (Fsp3) is 0. The number of nitrogens with zero attached hydrogens (tertiary/aromatic N) is 3.